The van der Waals surface area contributed by atoms with Gasteiger partial charge in [-0.2, -0.15) is 0 Å². The molecule has 0 aromatic heterocycles. The maximum absolute atomic E-state index is 13.2. The van der Waals surface area contributed by atoms with E-state index in [9.17, 15) is 9.18 Å². The normalized spacial score (nSPS) is 22.1. The van der Waals surface area contributed by atoms with E-state index in [2.05, 4.69) is 6.58 Å². The van der Waals surface area contributed by atoms with Crippen LogP contribution >= 0.6 is 0 Å². The van der Waals surface area contributed by atoms with Gasteiger partial charge in [0.25, 0.3) is 0 Å². The van der Waals surface area contributed by atoms with Gasteiger partial charge in [-0.25, -0.2) is 4.39 Å². The fraction of sp³-hybridized carbons (Fsp3) is 0.400. The van der Waals surface area contributed by atoms with Crippen LogP contribution in [-0.2, 0) is 9.53 Å². The van der Waals surface area contributed by atoms with E-state index in [0.717, 1.165) is 5.56 Å². The number of carbonyl (C=O) groups excluding carboxylic acids is 1. The van der Waals surface area contributed by atoms with Gasteiger partial charge in [0, 0.05) is 0 Å². The number of rotatable bonds is 2. The van der Waals surface area contributed by atoms with Crippen LogP contribution in [0.3, 0.4) is 0 Å². The van der Waals surface area contributed by atoms with Crippen molar-refractivity contribution in [2.75, 3.05) is 13.2 Å². The molecule has 0 bridgehead atoms. The summed E-state index contributed by atoms with van der Waals surface area (Å²) in [5.41, 5.74) is 0.368. The number of carbonyl (C=O) groups is 1. The van der Waals surface area contributed by atoms with Crippen LogP contribution < -0.4 is 0 Å². The highest BCUT2D eigenvalue weighted by Gasteiger charge is 2.37. The molecule has 0 N–H and O–H groups in total. The topological polar surface area (TPSA) is 29.5 Å². The van der Waals surface area contributed by atoms with Crippen molar-refractivity contribution >= 4 is 5.91 Å². The number of hydrogen-bond donors (Lipinski definition) is 0. The Morgan fingerprint density at radius 2 is 2.32 bits per heavy atom. The number of benzene rings is 1. The zero-order valence-electron chi connectivity index (χ0n) is 11.2. The van der Waals surface area contributed by atoms with Crippen molar-refractivity contribution in [2.45, 2.75) is 25.5 Å². The molecule has 102 valence electrons. The summed E-state index contributed by atoms with van der Waals surface area (Å²) in [6.07, 6.45) is 1.00. The van der Waals surface area contributed by atoms with Crippen LogP contribution in [0.5, 0.6) is 0 Å². The molecule has 1 saturated heterocycles. The zero-order valence-corrected chi connectivity index (χ0v) is 11.2. The van der Waals surface area contributed by atoms with Crippen molar-refractivity contribution < 1.29 is 13.9 Å². The lowest BCUT2D eigenvalue weighted by Gasteiger charge is -2.45. The molecular weight excluding hydrogens is 245 g/mol. The van der Waals surface area contributed by atoms with E-state index in [4.69, 9.17) is 4.74 Å². The maximum atomic E-state index is 13.2. The van der Waals surface area contributed by atoms with E-state index < -0.39 is 0 Å². The molecule has 1 aliphatic heterocycles. The van der Waals surface area contributed by atoms with Crippen molar-refractivity contribution in [3.05, 3.63) is 48.3 Å². The standard InChI is InChI=1S/C15H18FNO2/c1-4-14(18)17-9-13(19-10-15(17,2)3)11-6-5-7-12(16)8-11/h4-8,13H,1,9-10H2,2-3H3. The van der Waals surface area contributed by atoms with Crippen molar-refractivity contribution in [2.24, 2.45) is 0 Å². The number of ether oxygens (including phenoxy) is 1. The molecule has 1 atom stereocenters. The highest BCUT2D eigenvalue weighted by Crippen LogP contribution is 2.30. The molecule has 1 aromatic rings. The first-order valence-electron chi connectivity index (χ1n) is 6.25. The van der Waals surface area contributed by atoms with Gasteiger partial charge < -0.3 is 9.64 Å². The van der Waals surface area contributed by atoms with Gasteiger partial charge in [-0.05, 0) is 37.6 Å². The summed E-state index contributed by atoms with van der Waals surface area (Å²) in [6.45, 7) is 8.22. The summed E-state index contributed by atoms with van der Waals surface area (Å²) < 4.78 is 19.0. The lowest BCUT2D eigenvalue weighted by molar-refractivity contribution is -0.149. The highest BCUT2D eigenvalue weighted by molar-refractivity contribution is 5.87. The molecule has 0 spiro atoms. The lowest BCUT2D eigenvalue weighted by Crippen LogP contribution is -2.55. The van der Waals surface area contributed by atoms with Crippen molar-refractivity contribution in [3.63, 3.8) is 0 Å². The van der Waals surface area contributed by atoms with Gasteiger partial charge in [-0.3, -0.25) is 4.79 Å². The number of morpholine rings is 1. The molecule has 1 heterocycles. The monoisotopic (exact) mass is 263 g/mol. The van der Waals surface area contributed by atoms with Gasteiger partial charge in [0.15, 0.2) is 0 Å². The highest BCUT2D eigenvalue weighted by atomic mass is 19.1. The van der Waals surface area contributed by atoms with E-state index in [1.807, 2.05) is 19.9 Å². The Labute approximate surface area is 112 Å². The van der Waals surface area contributed by atoms with E-state index in [-0.39, 0.29) is 23.4 Å². The van der Waals surface area contributed by atoms with Crippen LogP contribution in [0.4, 0.5) is 4.39 Å². The summed E-state index contributed by atoms with van der Waals surface area (Å²) in [6, 6.07) is 6.29. The Kier molecular flexibility index (Phi) is 3.71. The molecule has 1 fully saturated rings. The van der Waals surface area contributed by atoms with Crippen LogP contribution in [-0.4, -0.2) is 29.5 Å². The SMILES string of the molecule is C=CC(=O)N1CC(c2cccc(F)c2)OCC1(C)C. The molecule has 4 heteroatoms. The third kappa shape index (κ3) is 2.84. The minimum absolute atomic E-state index is 0.130. The van der Waals surface area contributed by atoms with E-state index in [1.54, 1.807) is 11.0 Å². The Morgan fingerprint density at radius 1 is 1.58 bits per heavy atom. The first-order chi connectivity index (χ1) is 8.94. The average molecular weight is 263 g/mol. The smallest absolute Gasteiger partial charge is 0.246 e. The van der Waals surface area contributed by atoms with Crippen LogP contribution in [0.25, 0.3) is 0 Å². The predicted molar refractivity (Wildman–Crippen MR) is 71.1 cm³/mol. The van der Waals surface area contributed by atoms with E-state index in [1.165, 1.54) is 18.2 Å². The number of amides is 1. The van der Waals surface area contributed by atoms with Crippen LogP contribution in [0.15, 0.2) is 36.9 Å². The molecule has 1 aromatic carbocycles. The van der Waals surface area contributed by atoms with Gasteiger partial charge in [0.1, 0.15) is 11.9 Å². The second-order valence-electron chi connectivity index (χ2n) is 5.32. The van der Waals surface area contributed by atoms with Crippen molar-refractivity contribution in [1.29, 1.82) is 0 Å². The molecule has 0 aliphatic carbocycles. The summed E-state index contributed by atoms with van der Waals surface area (Å²) in [5, 5.41) is 0. The number of nitrogens with zero attached hydrogens (tertiary/aromatic N) is 1. The summed E-state index contributed by atoms with van der Waals surface area (Å²) in [7, 11) is 0. The molecule has 1 unspecified atom stereocenters. The minimum Gasteiger partial charge on any atom is -0.369 e. The quantitative estimate of drug-likeness (QED) is 0.768. The van der Waals surface area contributed by atoms with Crippen molar-refractivity contribution in [1.82, 2.24) is 4.90 Å². The zero-order chi connectivity index (χ0) is 14.0. The first-order valence-corrected chi connectivity index (χ1v) is 6.25. The Morgan fingerprint density at radius 3 is 2.95 bits per heavy atom. The number of hydrogen-bond acceptors (Lipinski definition) is 2. The van der Waals surface area contributed by atoms with Gasteiger partial charge in [0.2, 0.25) is 5.91 Å². The average Bonchev–Trinajstić information content (AvgIpc) is 2.37. The van der Waals surface area contributed by atoms with Gasteiger partial charge in [0.05, 0.1) is 18.7 Å². The minimum atomic E-state index is -0.380. The van der Waals surface area contributed by atoms with Gasteiger partial charge in [-0.15, -0.1) is 0 Å². The molecule has 1 amide bonds. The second-order valence-corrected chi connectivity index (χ2v) is 5.32. The molecule has 0 saturated carbocycles. The Hall–Kier alpha value is -1.68. The third-order valence-electron chi connectivity index (χ3n) is 3.38. The van der Waals surface area contributed by atoms with E-state index in [0.29, 0.717) is 13.2 Å². The summed E-state index contributed by atoms with van der Waals surface area (Å²) in [4.78, 5) is 13.6. The first kappa shape index (κ1) is 13.7. The predicted octanol–water partition coefficient (Wildman–Crippen LogP) is 2.69. The Balaban J connectivity index is 2.23. The molecule has 3 nitrogen and oxygen atoms in total. The van der Waals surface area contributed by atoms with Crippen LogP contribution in [0.2, 0.25) is 0 Å². The maximum Gasteiger partial charge on any atom is 0.246 e. The van der Waals surface area contributed by atoms with Crippen LogP contribution in [0, 0.1) is 5.82 Å². The van der Waals surface area contributed by atoms with Gasteiger partial charge in [-0.1, -0.05) is 18.7 Å². The number of halogens is 1. The van der Waals surface area contributed by atoms with Gasteiger partial charge >= 0.3 is 0 Å². The fourth-order valence-corrected chi connectivity index (χ4v) is 2.26. The Bertz CT molecular complexity index is 499. The molecule has 0 radical (unpaired) electrons. The van der Waals surface area contributed by atoms with E-state index >= 15 is 0 Å². The molecular formula is C15H18FNO2. The fourth-order valence-electron chi connectivity index (χ4n) is 2.26. The molecule has 2 rings (SSSR count). The second kappa shape index (κ2) is 5.13. The largest absolute Gasteiger partial charge is 0.369 e. The lowest BCUT2D eigenvalue weighted by atomic mass is 9.98. The van der Waals surface area contributed by atoms with Crippen molar-refractivity contribution in [3.8, 4) is 0 Å². The molecule has 1 aliphatic rings. The third-order valence-corrected chi connectivity index (χ3v) is 3.38. The molecule has 19 heavy (non-hydrogen) atoms. The summed E-state index contributed by atoms with van der Waals surface area (Å²) >= 11 is 0. The van der Waals surface area contributed by atoms with Crippen LogP contribution in [0.1, 0.15) is 25.5 Å². The summed E-state index contributed by atoms with van der Waals surface area (Å²) in [5.74, 6) is -0.428.